The van der Waals surface area contributed by atoms with Crippen LogP contribution in [0.3, 0.4) is 0 Å². The molecule has 6 heteroatoms. The third-order valence-corrected chi connectivity index (χ3v) is 12.5. The fourth-order valence-electron chi connectivity index (χ4n) is 8.11. The minimum Gasteiger partial charge on any atom is -0.462 e. The standard InChI is InChI=1S/C66H110O6/c1-4-7-10-13-16-18-20-22-24-26-28-30-31-32-33-34-35-37-38-40-42-44-46-48-50-53-56-59-65(68)71-62-63(61-70-64(67)58-55-52-15-12-9-6-3)72-66(69)60-57-54-51-49-47-45-43-41-39-36-29-27-25-23-21-19-17-14-11-8-5-2/h7-8,10-11,16-19,22-25,28-30,32-33,36,63H,4-6,9,12-15,20-21,26-27,31,34-35,37-62H2,1-3H3/b10-7-,11-8-,18-16-,19-17-,24-22-,25-23-,30-28-,33-32-,36-29-. The van der Waals surface area contributed by atoms with Crippen LogP contribution in [0.5, 0.6) is 0 Å². The van der Waals surface area contributed by atoms with E-state index in [9.17, 15) is 14.4 Å². The average Bonchev–Trinajstić information content (AvgIpc) is 3.38. The smallest absolute Gasteiger partial charge is 0.306 e. The third-order valence-electron chi connectivity index (χ3n) is 12.5. The molecule has 0 radical (unpaired) electrons. The number of unbranched alkanes of at least 4 members (excludes halogenated alkanes) is 24. The zero-order chi connectivity index (χ0) is 52.2. The van der Waals surface area contributed by atoms with Crippen LogP contribution in [-0.2, 0) is 28.6 Å². The van der Waals surface area contributed by atoms with Crippen molar-refractivity contribution in [3.8, 4) is 0 Å². The van der Waals surface area contributed by atoms with Crippen LogP contribution in [0.1, 0.15) is 271 Å². The Morgan fingerprint density at radius 3 is 0.847 bits per heavy atom. The van der Waals surface area contributed by atoms with E-state index in [0.29, 0.717) is 19.3 Å². The molecule has 0 saturated heterocycles. The first-order chi connectivity index (χ1) is 35.5. The second-order valence-electron chi connectivity index (χ2n) is 19.5. The lowest BCUT2D eigenvalue weighted by Gasteiger charge is -2.18. The lowest BCUT2D eigenvalue weighted by Crippen LogP contribution is -2.30. The Bertz CT molecular complexity index is 1470. The van der Waals surface area contributed by atoms with E-state index in [1.807, 2.05) is 0 Å². The van der Waals surface area contributed by atoms with Crippen LogP contribution in [0.25, 0.3) is 0 Å². The fourth-order valence-corrected chi connectivity index (χ4v) is 8.11. The summed E-state index contributed by atoms with van der Waals surface area (Å²) in [5, 5.41) is 0. The molecule has 1 unspecified atom stereocenters. The summed E-state index contributed by atoms with van der Waals surface area (Å²) in [5.74, 6) is -0.901. The third kappa shape index (κ3) is 57.0. The number of hydrogen-bond donors (Lipinski definition) is 0. The summed E-state index contributed by atoms with van der Waals surface area (Å²) in [7, 11) is 0. The van der Waals surface area contributed by atoms with Gasteiger partial charge in [0.1, 0.15) is 13.2 Å². The molecule has 0 N–H and O–H groups in total. The second kappa shape index (κ2) is 59.6. The van der Waals surface area contributed by atoms with Crippen molar-refractivity contribution in [2.24, 2.45) is 0 Å². The summed E-state index contributed by atoms with van der Waals surface area (Å²) >= 11 is 0. The molecule has 0 aliphatic rings. The molecule has 0 aromatic heterocycles. The minimum atomic E-state index is -0.782. The molecule has 0 aromatic rings. The number of carbonyl (C=O) groups excluding carboxylic acids is 3. The Balaban J connectivity index is 4.14. The maximum Gasteiger partial charge on any atom is 0.306 e. The largest absolute Gasteiger partial charge is 0.462 e. The Hall–Kier alpha value is -3.93. The van der Waals surface area contributed by atoms with Gasteiger partial charge >= 0.3 is 17.9 Å². The monoisotopic (exact) mass is 999 g/mol. The van der Waals surface area contributed by atoms with E-state index in [-0.39, 0.29) is 31.1 Å². The lowest BCUT2D eigenvalue weighted by molar-refractivity contribution is -0.167. The number of allylic oxidation sites excluding steroid dienone is 18. The van der Waals surface area contributed by atoms with Crippen LogP contribution < -0.4 is 0 Å². The maximum absolute atomic E-state index is 12.8. The van der Waals surface area contributed by atoms with Gasteiger partial charge in [0.2, 0.25) is 0 Å². The highest BCUT2D eigenvalue weighted by atomic mass is 16.6. The van der Waals surface area contributed by atoms with Crippen molar-refractivity contribution in [2.45, 2.75) is 277 Å². The summed E-state index contributed by atoms with van der Waals surface area (Å²) in [6.45, 7) is 6.35. The van der Waals surface area contributed by atoms with Gasteiger partial charge < -0.3 is 14.2 Å². The van der Waals surface area contributed by atoms with E-state index < -0.39 is 6.10 Å². The molecule has 0 aliphatic heterocycles. The van der Waals surface area contributed by atoms with Gasteiger partial charge in [-0.15, -0.1) is 0 Å². The summed E-state index contributed by atoms with van der Waals surface area (Å²) < 4.78 is 16.8. The molecule has 0 saturated carbocycles. The van der Waals surface area contributed by atoms with E-state index >= 15 is 0 Å². The molecule has 0 heterocycles. The SMILES string of the molecule is CC/C=C\C/C=C\C/C=C\C/C=C\C/C=C\CCCCCCCCCCCCCC(=O)OCC(COC(=O)CCCCCCCC)OC(=O)CCCCCCCCCC/C=C\C/C=C\C/C=C\C/C=C\CC. The number of rotatable bonds is 53. The van der Waals surface area contributed by atoms with Gasteiger partial charge in [0.05, 0.1) is 0 Å². The van der Waals surface area contributed by atoms with Crippen LogP contribution >= 0.6 is 0 Å². The van der Waals surface area contributed by atoms with Crippen LogP contribution in [0.15, 0.2) is 109 Å². The predicted octanol–water partition coefficient (Wildman–Crippen LogP) is 20.3. The van der Waals surface area contributed by atoms with Crippen molar-refractivity contribution < 1.29 is 28.6 Å². The first-order valence-electron chi connectivity index (χ1n) is 29.9. The topological polar surface area (TPSA) is 78.9 Å². The molecule has 1 atom stereocenters. The molecule has 0 aliphatic carbocycles. The van der Waals surface area contributed by atoms with Crippen molar-refractivity contribution in [2.75, 3.05) is 13.2 Å². The molecule has 72 heavy (non-hydrogen) atoms. The van der Waals surface area contributed by atoms with Crippen LogP contribution in [0, 0.1) is 0 Å². The van der Waals surface area contributed by atoms with Gasteiger partial charge in [-0.1, -0.05) is 259 Å². The fraction of sp³-hybridized carbons (Fsp3) is 0.682. The molecule has 0 bridgehead atoms. The highest BCUT2D eigenvalue weighted by Crippen LogP contribution is 2.15. The average molecular weight is 1000 g/mol. The highest BCUT2D eigenvalue weighted by molar-refractivity contribution is 5.71. The Morgan fingerprint density at radius 2 is 0.542 bits per heavy atom. The van der Waals surface area contributed by atoms with E-state index in [1.165, 1.54) is 109 Å². The highest BCUT2D eigenvalue weighted by Gasteiger charge is 2.19. The first kappa shape index (κ1) is 68.1. The van der Waals surface area contributed by atoms with Crippen LogP contribution in [0.4, 0.5) is 0 Å². The Labute approximate surface area is 444 Å². The van der Waals surface area contributed by atoms with Crippen molar-refractivity contribution in [3.63, 3.8) is 0 Å². The molecule has 410 valence electrons. The summed E-state index contributed by atoms with van der Waals surface area (Å²) in [6.07, 6.45) is 81.2. The Morgan fingerprint density at radius 1 is 0.292 bits per heavy atom. The van der Waals surface area contributed by atoms with Gasteiger partial charge in [-0.05, 0) is 103 Å². The first-order valence-corrected chi connectivity index (χ1v) is 29.9. The number of hydrogen-bond acceptors (Lipinski definition) is 6. The quantitative estimate of drug-likeness (QED) is 0.0261. The molecule has 0 rings (SSSR count). The van der Waals surface area contributed by atoms with Gasteiger partial charge in [-0.25, -0.2) is 0 Å². The summed E-state index contributed by atoms with van der Waals surface area (Å²) in [4.78, 5) is 38.0. The van der Waals surface area contributed by atoms with Crippen molar-refractivity contribution in [1.29, 1.82) is 0 Å². The van der Waals surface area contributed by atoms with Gasteiger partial charge in [-0.2, -0.15) is 0 Å². The number of carbonyl (C=O) groups is 3. The van der Waals surface area contributed by atoms with E-state index in [2.05, 4.69) is 130 Å². The summed E-state index contributed by atoms with van der Waals surface area (Å²) in [6, 6.07) is 0. The van der Waals surface area contributed by atoms with Crippen LogP contribution in [-0.4, -0.2) is 37.2 Å². The number of ether oxygens (including phenoxy) is 3. The molecule has 0 fully saturated rings. The van der Waals surface area contributed by atoms with Gasteiger partial charge in [0.15, 0.2) is 6.10 Å². The predicted molar refractivity (Wildman–Crippen MR) is 311 cm³/mol. The molecular formula is C66H110O6. The van der Waals surface area contributed by atoms with E-state index in [4.69, 9.17) is 14.2 Å². The van der Waals surface area contributed by atoms with Crippen molar-refractivity contribution >= 4 is 17.9 Å². The maximum atomic E-state index is 12.8. The van der Waals surface area contributed by atoms with E-state index in [0.717, 1.165) is 122 Å². The Kier molecular flexibility index (Phi) is 56.4. The van der Waals surface area contributed by atoms with Gasteiger partial charge in [0.25, 0.3) is 0 Å². The van der Waals surface area contributed by atoms with E-state index in [1.54, 1.807) is 0 Å². The molecule has 0 aromatic carbocycles. The zero-order valence-corrected chi connectivity index (χ0v) is 46.9. The van der Waals surface area contributed by atoms with Crippen LogP contribution in [0.2, 0.25) is 0 Å². The molecule has 0 spiro atoms. The second-order valence-corrected chi connectivity index (χ2v) is 19.5. The van der Waals surface area contributed by atoms with Gasteiger partial charge in [0, 0.05) is 19.3 Å². The lowest BCUT2D eigenvalue weighted by atomic mass is 10.0. The van der Waals surface area contributed by atoms with Crippen molar-refractivity contribution in [1.82, 2.24) is 0 Å². The van der Waals surface area contributed by atoms with Gasteiger partial charge in [-0.3, -0.25) is 14.4 Å². The molecular weight excluding hydrogens is 889 g/mol. The zero-order valence-electron chi connectivity index (χ0n) is 46.9. The van der Waals surface area contributed by atoms with Crippen molar-refractivity contribution in [3.05, 3.63) is 109 Å². The molecule has 0 amide bonds. The minimum absolute atomic E-state index is 0.0823. The molecule has 6 nitrogen and oxygen atoms in total. The number of esters is 3. The summed E-state index contributed by atoms with van der Waals surface area (Å²) in [5.41, 5.74) is 0. The normalized spacial score (nSPS) is 12.9.